The number of hydrogen-bond donors (Lipinski definition) is 1. The highest BCUT2D eigenvalue weighted by Gasteiger charge is 2.19. The number of benzene rings is 1. The van der Waals surface area contributed by atoms with Crippen LogP contribution in [-0.4, -0.2) is 40.5 Å². The largest absolute Gasteiger partial charge is 0.373 e. The number of hydrogen-bond acceptors (Lipinski definition) is 4. The lowest BCUT2D eigenvalue weighted by molar-refractivity contribution is -0.385. The average molecular weight is 358 g/mol. The summed E-state index contributed by atoms with van der Waals surface area (Å²) in [5.41, 5.74) is 0.343. The molecule has 0 heterocycles. The van der Waals surface area contributed by atoms with Crippen molar-refractivity contribution in [3.05, 3.63) is 38.9 Å². The number of halogens is 1. The van der Waals surface area contributed by atoms with Crippen LogP contribution in [0.4, 0.5) is 5.69 Å². The Morgan fingerprint density at radius 1 is 1.43 bits per heavy atom. The highest BCUT2D eigenvalue weighted by Crippen LogP contribution is 2.23. The van der Waals surface area contributed by atoms with Gasteiger partial charge in [0.25, 0.3) is 5.69 Å². The lowest BCUT2D eigenvalue weighted by Crippen LogP contribution is -2.33. The minimum Gasteiger partial charge on any atom is -0.373 e. The van der Waals surface area contributed by atoms with Crippen LogP contribution in [0.5, 0.6) is 0 Å². The van der Waals surface area contributed by atoms with E-state index in [2.05, 4.69) is 24.1 Å². The zero-order valence-electron chi connectivity index (χ0n) is 13.8. The zero-order valence-corrected chi connectivity index (χ0v) is 15.4. The number of nitrogens with one attached hydrogen (secondary N) is 1. The second-order valence-corrected chi connectivity index (χ2v) is 6.31. The number of nitro groups is 1. The van der Waals surface area contributed by atoms with Crippen molar-refractivity contribution >= 4 is 34.5 Å². The normalized spacial score (nSPS) is 12.2. The Balaban J connectivity index is 2.60. The van der Waals surface area contributed by atoms with Gasteiger partial charge in [0.05, 0.1) is 10.5 Å². The Morgan fingerprint density at radius 2 is 2.09 bits per heavy atom. The quantitative estimate of drug-likeness (QED) is 0.411. The van der Waals surface area contributed by atoms with Crippen LogP contribution in [0.3, 0.4) is 0 Å². The van der Waals surface area contributed by atoms with Crippen LogP contribution in [0.25, 0.3) is 0 Å². The Hall–Kier alpha value is -1.24. The minimum atomic E-state index is -0.458. The van der Waals surface area contributed by atoms with Gasteiger partial charge in [0.2, 0.25) is 0 Å². The lowest BCUT2D eigenvalue weighted by Gasteiger charge is -2.20. The molecule has 5 nitrogen and oxygen atoms in total. The van der Waals surface area contributed by atoms with E-state index >= 15 is 0 Å². The molecule has 1 N–H and O–H groups in total. The Morgan fingerprint density at radius 3 is 2.65 bits per heavy atom. The average Bonchev–Trinajstić information content (AvgIpc) is 2.51. The Bertz CT molecular complexity index is 550. The summed E-state index contributed by atoms with van der Waals surface area (Å²) < 4.78 is 0. The van der Waals surface area contributed by atoms with Crippen LogP contribution in [-0.2, 0) is 0 Å². The third kappa shape index (κ3) is 6.41. The van der Waals surface area contributed by atoms with Crippen molar-refractivity contribution in [3.63, 3.8) is 0 Å². The van der Waals surface area contributed by atoms with Crippen molar-refractivity contribution in [2.45, 2.75) is 39.7 Å². The molecule has 0 saturated heterocycles. The van der Waals surface area contributed by atoms with Gasteiger partial charge in [-0.1, -0.05) is 37.7 Å². The molecule has 1 aromatic carbocycles. The van der Waals surface area contributed by atoms with Gasteiger partial charge in [0, 0.05) is 17.1 Å². The molecule has 0 aromatic heterocycles. The van der Waals surface area contributed by atoms with Gasteiger partial charge in [-0.3, -0.25) is 10.1 Å². The number of thiocarbonyl (C=S) groups is 1. The van der Waals surface area contributed by atoms with Gasteiger partial charge in [-0.25, -0.2) is 0 Å². The molecule has 7 heteroatoms. The predicted octanol–water partition coefficient (Wildman–Crippen LogP) is 4.02. The summed E-state index contributed by atoms with van der Waals surface area (Å²) in [5, 5.41) is 14.6. The van der Waals surface area contributed by atoms with Crippen LogP contribution in [0.2, 0.25) is 5.02 Å². The van der Waals surface area contributed by atoms with Crippen LogP contribution >= 0.6 is 23.8 Å². The standard InChI is InChI=1S/C16H24ClN3O2S/c1-4-19(5-2)10-6-7-12(3)18-16(23)14-9-8-13(17)11-15(14)20(21)22/h8-9,11-12H,4-7,10H2,1-3H3,(H,18,23). The maximum Gasteiger partial charge on any atom is 0.281 e. The van der Waals surface area contributed by atoms with Crippen molar-refractivity contribution in [2.24, 2.45) is 0 Å². The molecule has 1 unspecified atom stereocenters. The molecule has 128 valence electrons. The van der Waals surface area contributed by atoms with Gasteiger partial charge in [-0.15, -0.1) is 0 Å². The lowest BCUT2D eigenvalue weighted by atomic mass is 10.1. The van der Waals surface area contributed by atoms with Gasteiger partial charge in [-0.05, 0) is 51.5 Å². The second kappa shape index (κ2) is 9.80. The van der Waals surface area contributed by atoms with Crippen molar-refractivity contribution in [2.75, 3.05) is 19.6 Å². The first-order valence-electron chi connectivity index (χ1n) is 7.86. The highest BCUT2D eigenvalue weighted by molar-refractivity contribution is 7.80. The molecule has 1 aromatic rings. The summed E-state index contributed by atoms with van der Waals surface area (Å²) in [6, 6.07) is 4.70. The third-order valence-electron chi connectivity index (χ3n) is 3.78. The fourth-order valence-electron chi connectivity index (χ4n) is 2.38. The number of nitro benzene ring substituents is 1. The first kappa shape index (κ1) is 19.8. The van der Waals surface area contributed by atoms with E-state index in [0.717, 1.165) is 32.5 Å². The number of nitrogens with zero attached hydrogens (tertiary/aromatic N) is 2. The van der Waals surface area contributed by atoms with E-state index in [1.165, 1.54) is 6.07 Å². The molecule has 1 rings (SSSR count). The maximum absolute atomic E-state index is 11.1. The summed E-state index contributed by atoms with van der Waals surface area (Å²) >= 11 is 11.1. The van der Waals surface area contributed by atoms with E-state index in [4.69, 9.17) is 23.8 Å². The molecular weight excluding hydrogens is 334 g/mol. The topological polar surface area (TPSA) is 58.4 Å². The first-order valence-corrected chi connectivity index (χ1v) is 8.64. The molecule has 23 heavy (non-hydrogen) atoms. The van der Waals surface area contributed by atoms with Crippen LogP contribution in [0, 0.1) is 10.1 Å². The van der Waals surface area contributed by atoms with Crippen LogP contribution in [0.15, 0.2) is 18.2 Å². The molecule has 0 bridgehead atoms. The summed E-state index contributed by atoms with van der Waals surface area (Å²) in [4.78, 5) is 13.4. The Kier molecular flexibility index (Phi) is 8.44. The summed E-state index contributed by atoms with van der Waals surface area (Å²) in [6.07, 6.45) is 2.01. The molecule has 0 fully saturated rings. The molecular formula is C16H24ClN3O2S. The summed E-state index contributed by atoms with van der Waals surface area (Å²) in [5.74, 6) is 0. The first-order chi connectivity index (χ1) is 10.9. The van der Waals surface area contributed by atoms with Crippen molar-refractivity contribution in [3.8, 4) is 0 Å². The number of rotatable bonds is 9. The van der Waals surface area contributed by atoms with E-state index in [1.54, 1.807) is 12.1 Å². The second-order valence-electron chi connectivity index (χ2n) is 5.46. The highest BCUT2D eigenvalue weighted by atomic mass is 35.5. The van der Waals surface area contributed by atoms with Crippen molar-refractivity contribution in [1.29, 1.82) is 0 Å². The fraction of sp³-hybridized carbons (Fsp3) is 0.562. The summed E-state index contributed by atoms with van der Waals surface area (Å²) in [6.45, 7) is 9.49. The van der Waals surface area contributed by atoms with E-state index in [9.17, 15) is 10.1 Å². The van der Waals surface area contributed by atoms with Crippen LogP contribution in [0.1, 0.15) is 39.2 Å². The zero-order chi connectivity index (χ0) is 17.4. The molecule has 0 aliphatic carbocycles. The van der Waals surface area contributed by atoms with Gasteiger partial charge in [0.15, 0.2) is 0 Å². The van der Waals surface area contributed by atoms with Gasteiger partial charge in [0.1, 0.15) is 4.99 Å². The van der Waals surface area contributed by atoms with Gasteiger partial charge < -0.3 is 10.2 Å². The van der Waals surface area contributed by atoms with E-state index in [-0.39, 0.29) is 11.7 Å². The summed E-state index contributed by atoms with van der Waals surface area (Å²) in [7, 11) is 0. The molecule has 0 aliphatic heterocycles. The van der Waals surface area contributed by atoms with E-state index < -0.39 is 4.92 Å². The minimum absolute atomic E-state index is 0.0645. The van der Waals surface area contributed by atoms with Crippen LogP contribution < -0.4 is 5.32 Å². The SMILES string of the molecule is CCN(CC)CCCC(C)NC(=S)c1ccc(Cl)cc1[N+](=O)[O-]. The van der Waals surface area contributed by atoms with Gasteiger partial charge >= 0.3 is 0 Å². The molecule has 1 atom stereocenters. The van der Waals surface area contributed by atoms with E-state index in [0.29, 0.717) is 15.6 Å². The fourth-order valence-corrected chi connectivity index (χ4v) is 2.92. The van der Waals surface area contributed by atoms with Crippen molar-refractivity contribution in [1.82, 2.24) is 10.2 Å². The third-order valence-corrected chi connectivity index (χ3v) is 4.36. The maximum atomic E-state index is 11.1. The molecule has 0 amide bonds. The smallest absolute Gasteiger partial charge is 0.281 e. The molecule has 0 aliphatic rings. The van der Waals surface area contributed by atoms with Crippen molar-refractivity contribution < 1.29 is 4.92 Å². The molecule has 0 spiro atoms. The molecule has 0 saturated carbocycles. The van der Waals surface area contributed by atoms with Gasteiger partial charge in [-0.2, -0.15) is 0 Å². The predicted molar refractivity (Wildman–Crippen MR) is 99.4 cm³/mol. The monoisotopic (exact) mass is 357 g/mol. The van der Waals surface area contributed by atoms with E-state index in [1.807, 2.05) is 6.92 Å². The molecule has 0 radical (unpaired) electrons. The Labute approximate surface area is 148 Å².